The maximum Gasteiger partial charge on any atom is 0.415 e. The van der Waals surface area contributed by atoms with Crippen molar-refractivity contribution in [2.24, 2.45) is 0 Å². The van der Waals surface area contributed by atoms with Crippen molar-refractivity contribution in [1.82, 2.24) is 10.3 Å². The Morgan fingerprint density at radius 3 is 2.68 bits per heavy atom. The molecule has 2 aromatic rings. The first-order valence-corrected chi connectivity index (χ1v) is 8.99. The summed E-state index contributed by atoms with van der Waals surface area (Å²) >= 11 is 0. The van der Waals surface area contributed by atoms with Crippen LogP contribution in [0.2, 0.25) is 0 Å². The summed E-state index contributed by atoms with van der Waals surface area (Å²) in [5, 5.41) is 3.38. The van der Waals surface area contributed by atoms with Gasteiger partial charge in [0, 0.05) is 11.6 Å². The molecule has 5 nitrogen and oxygen atoms in total. The maximum absolute atomic E-state index is 12.3. The number of aromatic nitrogens is 1. The summed E-state index contributed by atoms with van der Waals surface area (Å²) in [6, 6.07) is 16.2. The second-order valence-corrected chi connectivity index (χ2v) is 6.74. The maximum atomic E-state index is 12.3. The van der Waals surface area contributed by atoms with Gasteiger partial charge >= 0.3 is 6.09 Å². The molecule has 130 valence electrons. The first kappa shape index (κ1) is 16.1. The first-order chi connectivity index (χ1) is 12.3. The Balaban J connectivity index is 1.57. The summed E-state index contributed by atoms with van der Waals surface area (Å²) in [5.74, 6) is 1.17. The second-order valence-electron chi connectivity index (χ2n) is 6.74. The van der Waals surface area contributed by atoms with Crippen LogP contribution < -0.4 is 10.2 Å². The van der Waals surface area contributed by atoms with E-state index in [2.05, 4.69) is 23.5 Å². The van der Waals surface area contributed by atoms with E-state index in [0.29, 0.717) is 18.3 Å². The third-order valence-corrected chi connectivity index (χ3v) is 5.04. The number of cyclic esters (lactones) is 1. The molecule has 1 amide bonds. The predicted molar refractivity (Wildman–Crippen MR) is 96.8 cm³/mol. The van der Waals surface area contributed by atoms with Crippen molar-refractivity contribution in [2.75, 3.05) is 24.6 Å². The van der Waals surface area contributed by atoms with E-state index in [1.165, 1.54) is 5.56 Å². The monoisotopic (exact) mass is 337 g/mol. The highest BCUT2D eigenvalue weighted by atomic mass is 16.6. The van der Waals surface area contributed by atoms with Gasteiger partial charge < -0.3 is 10.1 Å². The van der Waals surface area contributed by atoms with E-state index < -0.39 is 0 Å². The van der Waals surface area contributed by atoms with E-state index in [9.17, 15) is 4.79 Å². The number of ether oxygens (including phenoxy) is 1. The molecular weight excluding hydrogens is 314 g/mol. The number of carbonyl (C=O) groups excluding carboxylic acids is 1. The Morgan fingerprint density at radius 1 is 1.08 bits per heavy atom. The molecule has 0 spiro atoms. The first-order valence-electron chi connectivity index (χ1n) is 8.99. The molecule has 2 fully saturated rings. The van der Waals surface area contributed by atoms with Gasteiger partial charge in [0.05, 0.1) is 6.04 Å². The van der Waals surface area contributed by atoms with Crippen molar-refractivity contribution in [1.29, 1.82) is 0 Å². The largest absolute Gasteiger partial charge is 0.447 e. The fourth-order valence-corrected chi connectivity index (χ4v) is 3.70. The average molecular weight is 337 g/mol. The van der Waals surface area contributed by atoms with Crippen LogP contribution in [0.15, 0.2) is 48.5 Å². The van der Waals surface area contributed by atoms with Crippen molar-refractivity contribution in [3.63, 3.8) is 0 Å². The standard InChI is InChI=1S/C20H23N3O2/c24-20-23(17(14-25-20)13-15-5-2-1-3-6-15)19-8-4-7-18(22-19)16-9-11-21-12-10-16/h1-8,16-17,21H,9-14H2/t17-/m0/s1. The van der Waals surface area contributed by atoms with E-state index in [1.54, 1.807) is 4.90 Å². The van der Waals surface area contributed by atoms with Gasteiger partial charge in [-0.25, -0.2) is 9.78 Å². The summed E-state index contributed by atoms with van der Waals surface area (Å²) in [6.07, 6.45) is 2.66. The number of piperidine rings is 1. The highest BCUT2D eigenvalue weighted by molar-refractivity contribution is 5.89. The zero-order chi connectivity index (χ0) is 17.1. The molecule has 1 atom stereocenters. The lowest BCUT2D eigenvalue weighted by atomic mass is 9.94. The van der Waals surface area contributed by atoms with Crippen LogP contribution in [0, 0.1) is 0 Å². The van der Waals surface area contributed by atoms with Crippen LogP contribution in [0.1, 0.15) is 30.0 Å². The smallest absolute Gasteiger partial charge is 0.415 e. The van der Waals surface area contributed by atoms with Crippen molar-refractivity contribution in [3.8, 4) is 0 Å². The highest BCUT2D eigenvalue weighted by Gasteiger charge is 2.35. The lowest BCUT2D eigenvalue weighted by Crippen LogP contribution is -2.36. The van der Waals surface area contributed by atoms with Gasteiger partial charge in [-0.05, 0) is 50.0 Å². The summed E-state index contributed by atoms with van der Waals surface area (Å²) in [6.45, 7) is 2.46. The lowest BCUT2D eigenvalue weighted by Gasteiger charge is -2.25. The van der Waals surface area contributed by atoms with E-state index in [0.717, 1.165) is 38.0 Å². The number of nitrogens with zero attached hydrogens (tertiary/aromatic N) is 2. The van der Waals surface area contributed by atoms with Crippen LogP contribution in [0.5, 0.6) is 0 Å². The zero-order valence-electron chi connectivity index (χ0n) is 14.2. The molecular formula is C20H23N3O2. The van der Waals surface area contributed by atoms with Crippen LogP contribution in [0.25, 0.3) is 0 Å². The topological polar surface area (TPSA) is 54.5 Å². The minimum atomic E-state index is -0.295. The van der Waals surface area contributed by atoms with Crippen molar-refractivity contribution in [3.05, 3.63) is 59.8 Å². The van der Waals surface area contributed by atoms with Crippen LogP contribution >= 0.6 is 0 Å². The second kappa shape index (κ2) is 7.23. The van der Waals surface area contributed by atoms with Crippen LogP contribution in [-0.4, -0.2) is 36.8 Å². The number of nitrogens with one attached hydrogen (secondary N) is 1. The summed E-state index contributed by atoms with van der Waals surface area (Å²) < 4.78 is 5.33. The quantitative estimate of drug-likeness (QED) is 0.931. The average Bonchev–Trinajstić information content (AvgIpc) is 3.03. The molecule has 4 rings (SSSR count). The van der Waals surface area contributed by atoms with Gasteiger partial charge in [-0.3, -0.25) is 4.90 Å². The fraction of sp³-hybridized carbons (Fsp3) is 0.400. The van der Waals surface area contributed by atoms with E-state index in [1.807, 2.05) is 30.3 Å². The van der Waals surface area contributed by atoms with Gasteiger partial charge in [-0.1, -0.05) is 36.4 Å². The molecule has 2 aliphatic heterocycles. The normalized spacial score (nSPS) is 21.4. The summed E-state index contributed by atoms with van der Waals surface area (Å²) in [4.78, 5) is 18.9. The minimum Gasteiger partial charge on any atom is -0.447 e. The lowest BCUT2D eigenvalue weighted by molar-refractivity contribution is 0.178. The Hall–Kier alpha value is -2.40. The highest BCUT2D eigenvalue weighted by Crippen LogP contribution is 2.28. The summed E-state index contributed by atoms with van der Waals surface area (Å²) in [7, 11) is 0. The number of pyridine rings is 1. The molecule has 1 N–H and O–H groups in total. The number of hydrogen-bond donors (Lipinski definition) is 1. The Bertz CT molecular complexity index is 729. The molecule has 5 heteroatoms. The van der Waals surface area contributed by atoms with Crippen LogP contribution in [0.4, 0.5) is 10.6 Å². The third-order valence-electron chi connectivity index (χ3n) is 5.04. The van der Waals surface area contributed by atoms with Crippen molar-refractivity contribution in [2.45, 2.75) is 31.2 Å². The minimum absolute atomic E-state index is 0.00864. The van der Waals surface area contributed by atoms with Gasteiger partial charge in [-0.15, -0.1) is 0 Å². The van der Waals surface area contributed by atoms with Gasteiger partial charge in [0.1, 0.15) is 12.4 Å². The van der Waals surface area contributed by atoms with Crippen molar-refractivity contribution >= 4 is 11.9 Å². The van der Waals surface area contributed by atoms with E-state index in [4.69, 9.17) is 9.72 Å². The molecule has 0 radical (unpaired) electrons. The van der Waals surface area contributed by atoms with Gasteiger partial charge in [0.25, 0.3) is 0 Å². The molecule has 1 aromatic heterocycles. The van der Waals surface area contributed by atoms with Crippen LogP contribution in [-0.2, 0) is 11.2 Å². The number of benzene rings is 1. The molecule has 0 saturated carbocycles. The molecule has 0 aliphatic carbocycles. The number of rotatable bonds is 4. The Labute approximate surface area is 148 Å². The molecule has 25 heavy (non-hydrogen) atoms. The number of hydrogen-bond acceptors (Lipinski definition) is 4. The SMILES string of the molecule is O=C1OC[C@H](Cc2ccccc2)N1c1cccc(C2CCNCC2)n1. The molecule has 3 heterocycles. The Morgan fingerprint density at radius 2 is 1.88 bits per heavy atom. The van der Waals surface area contributed by atoms with Crippen molar-refractivity contribution < 1.29 is 9.53 Å². The van der Waals surface area contributed by atoms with Gasteiger partial charge in [0.2, 0.25) is 0 Å². The van der Waals surface area contributed by atoms with E-state index in [-0.39, 0.29) is 12.1 Å². The molecule has 2 saturated heterocycles. The number of anilines is 1. The van der Waals surface area contributed by atoms with Crippen LogP contribution in [0.3, 0.4) is 0 Å². The summed E-state index contributed by atoms with van der Waals surface area (Å²) in [5.41, 5.74) is 2.28. The van der Waals surface area contributed by atoms with E-state index >= 15 is 0 Å². The Kier molecular flexibility index (Phi) is 4.65. The molecule has 0 bridgehead atoms. The van der Waals surface area contributed by atoms with Gasteiger partial charge in [-0.2, -0.15) is 0 Å². The zero-order valence-corrected chi connectivity index (χ0v) is 14.2. The number of amides is 1. The molecule has 0 unspecified atom stereocenters. The third kappa shape index (κ3) is 3.51. The fourth-order valence-electron chi connectivity index (χ4n) is 3.70. The van der Waals surface area contributed by atoms with Gasteiger partial charge in [0.15, 0.2) is 0 Å². The number of carbonyl (C=O) groups is 1. The molecule has 1 aromatic carbocycles. The molecule has 2 aliphatic rings. The predicted octanol–water partition coefficient (Wildman–Crippen LogP) is 3.12.